The summed E-state index contributed by atoms with van der Waals surface area (Å²) in [6.45, 7) is 1.94. The van der Waals surface area contributed by atoms with E-state index < -0.39 is 5.60 Å². The van der Waals surface area contributed by atoms with Crippen molar-refractivity contribution in [1.82, 2.24) is 0 Å². The third-order valence-corrected chi connectivity index (χ3v) is 1.97. The van der Waals surface area contributed by atoms with Crippen LogP contribution in [0.5, 0.6) is 0 Å². The molecule has 0 spiro atoms. The summed E-state index contributed by atoms with van der Waals surface area (Å²) in [7, 11) is 1.62. The number of hydrogen-bond donors (Lipinski definition) is 1. The van der Waals surface area contributed by atoms with E-state index in [4.69, 9.17) is 14.6 Å². The first-order chi connectivity index (χ1) is 5.20. The van der Waals surface area contributed by atoms with Gasteiger partial charge < -0.3 is 14.6 Å². The fourth-order valence-corrected chi connectivity index (χ4v) is 0.980. The van der Waals surface area contributed by atoms with E-state index in [1.807, 2.05) is 6.92 Å². The molecule has 0 aromatic rings. The van der Waals surface area contributed by atoms with E-state index in [1.165, 1.54) is 0 Å². The van der Waals surface area contributed by atoms with Gasteiger partial charge in [-0.2, -0.15) is 0 Å². The summed E-state index contributed by atoms with van der Waals surface area (Å²) in [4.78, 5) is 0. The molecule has 1 rings (SSSR count). The minimum absolute atomic E-state index is 0.0560. The van der Waals surface area contributed by atoms with E-state index in [9.17, 15) is 0 Å². The Balaban J connectivity index is 2.53. The molecule has 0 amide bonds. The Morgan fingerprint density at radius 1 is 1.82 bits per heavy atom. The number of hydrogen-bond acceptors (Lipinski definition) is 3. The van der Waals surface area contributed by atoms with E-state index in [1.54, 1.807) is 13.4 Å². The zero-order valence-electron chi connectivity index (χ0n) is 6.96. The summed E-state index contributed by atoms with van der Waals surface area (Å²) in [5, 5.41) is 8.91. The molecule has 1 N–H and O–H groups in total. The second kappa shape index (κ2) is 3.13. The third kappa shape index (κ3) is 1.87. The molecule has 1 atom stereocenters. The van der Waals surface area contributed by atoms with Crippen LogP contribution in [0.25, 0.3) is 0 Å². The monoisotopic (exact) mass is 158 g/mol. The van der Waals surface area contributed by atoms with Crippen LogP contribution in [0, 0.1) is 0 Å². The standard InChI is InChI=1S/C8H14O3/c1-8(6-9)4-3-7(10-2)5-11-8/h5,9H,3-4,6H2,1-2H3. The van der Waals surface area contributed by atoms with Gasteiger partial charge in [0.25, 0.3) is 0 Å². The zero-order valence-corrected chi connectivity index (χ0v) is 6.96. The lowest BCUT2D eigenvalue weighted by atomic mass is 9.99. The highest BCUT2D eigenvalue weighted by Gasteiger charge is 2.27. The number of aliphatic hydroxyl groups excluding tert-OH is 1. The molecule has 0 aromatic heterocycles. The first-order valence-electron chi connectivity index (χ1n) is 3.72. The fourth-order valence-electron chi connectivity index (χ4n) is 0.980. The van der Waals surface area contributed by atoms with Crippen LogP contribution < -0.4 is 0 Å². The van der Waals surface area contributed by atoms with Gasteiger partial charge in [-0.1, -0.05) is 0 Å². The van der Waals surface area contributed by atoms with Crippen molar-refractivity contribution in [1.29, 1.82) is 0 Å². The van der Waals surface area contributed by atoms with Gasteiger partial charge in [-0.15, -0.1) is 0 Å². The van der Waals surface area contributed by atoms with E-state index in [-0.39, 0.29) is 6.61 Å². The summed E-state index contributed by atoms with van der Waals surface area (Å²) in [6, 6.07) is 0. The molecule has 1 aliphatic heterocycles. The highest BCUT2D eigenvalue weighted by atomic mass is 16.5. The molecule has 0 aromatic carbocycles. The topological polar surface area (TPSA) is 38.7 Å². The lowest BCUT2D eigenvalue weighted by Crippen LogP contribution is -2.33. The van der Waals surface area contributed by atoms with Crippen LogP contribution in [0.3, 0.4) is 0 Å². The van der Waals surface area contributed by atoms with Gasteiger partial charge in [0.15, 0.2) is 0 Å². The molecule has 0 fully saturated rings. The molecule has 3 nitrogen and oxygen atoms in total. The van der Waals surface area contributed by atoms with Crippen LogP contribution in [0.1, 0.15) is 19.8 Å². The van der Waals surface area contributed by atoms with Gasteiger partial charge in [-0.25, -0.2) is 0 Å². The van der Waals surface area contributed by atoms with Crippen LogP contribution >= 0.6 is 0 Å². The van der Waals surface area contributed by atoms with Crippen molar-refractivity contribution in [2.24, 2.45) is 0 Å². The highest BCUT2D eigenvalue weighted by molar-refractivity contribution is 4.96. The van der Waals surface area contributed by atoms with Crippen molar-refractivity contribution in [3.8, 4) is 0 Å². The smallest absolute Gasteiger partial charge is 0.130 e. The Hall–Kier alpha value is -0.700. The maximum atomic E-state index is 8.91. The van der Waals surface area contributed by atoms with Crippen molar-refractivity contribution in [3.63, 3.8) is 0 Å². The molecule has 0 bridgehead atoms. The zero-order chi connectivity index (χ0) is 8.32. The average Bonchev–Trinajstić information content (AvgIpc) is 2.06. The Labute approximate surface area is 66.6 Å². The lowest BCUT2D eigenvalue weighted by Gasteiger charge is -2.30. The largest absolute Gasteiger partial charge is 0.498 e. The van der Waals surface area contributed by atoms with Crippen LogP contribution in [-0.2, 0) is 9.47 Å². The van der Waals surface area contributed by atoms with Crippen molar-refractivity contribution in [2.45, 2.75) is 25.4 Å². The van der Waals surface area contributed by atoms with Gasteiger partial charge in [0.05, 0.1) is 13.7 Å². The Morgan fingerprint density at radius 2 is 2.55 bits per heavy atom. The van der Waals surface area contributed by atoms with Crippen molar-refractivity contribution >= 4 is 0 Å². The normalized spacial score (nSPS) is 30.6. The Kier molecular flexibility index (Phi) is 2.39. The van der Waals surface area contributed by atoms with Gasteiger partial charge in [0, 0.05) is 6.42 Å². The lowest BCUT2D eigenvalue weighted by molar-refractivity contribution is -0.0377. The fraction of sp³-hybridized carbons (Fsp3) is 0.750. The molecule has 1 heterocycles. The van der Waals surface area contributed by atoms with Gasteiger partial charge in [-0.05, 0) is 13.3 Å². The van der Waals surface area contributed by atoms with Gasteiger partial charge >= 0.3 is 0 Å². The second-order valence-corrected chi connectivity index (χ2v) is 3.01. The summed E-state index contributed by atoms with van der Waals surface area (Å²) >= 11 is 0. The molecule has 64 valence electrons. The van der Waals surface area contributed by atoms with Gasteiger partial charge in [-0.3, -0.25) is 0 Å². The van der Waals surface area contributed by atoms with E-state index in [0.29, 0.717) is 0 Å². The molecular formula is C8H14O3. The minimum atomic E-state index is -0.401. The third-order valence-electron chi connectivity index (χ3n) is 1.97. The molecule has 11 heavy (non-hydrogen) atoms. The van der Waals surface area contributed by atoms with Crippen molar-refractivity contribution in [2.75, 3.05) is 13.7 Å². The van der Waals surface area contributed by atoms with Crippen LogP contribution in [0.4, 0.5) is 0 Å². The molecule has 3 heteroatoms. The molecule has 1 aliphatic rings. The quantitative estimate of drug-likeness (QED) is 0.652. The van der Waals surface area contributed by atoms with E-state index in [0.717, 1.165) is 18.6 Å². The maximum absolute atomic E-state index is 8.91. The highest BCUT2D eigenvalue weighted by Crippen LogP contribution is 2.26. The van der Waals surface area contributed by atoms with Gasteiger partial charge in [0.2, 0.25) is 0 Å². The molecule has 0 saturated carbocycles. The average molecular weight is 158 g/mol. The predicted molar refractivity (Wildman–Crippen MR) is 40.9 cm³/mol. The minimum Gasteiger partial charge on any atom is -0.498 e. The first-order valence-corrected chi connectivity index (χ1v) is 3.72. The SMILES string of the molecule is COC1=COC(C)(CO)CC1. The molecular weight excluding hydrogens is 144 g/mol. The van der Waals surface area contributed by atoms with Crippen LogP contribution in [-0.4, -0.2) is 24.4 Å². The number of allylic oxidation sites excluding steroid dienone is 1. The summed E-state index contributed by atoms with van der Waals surface area (Å²) in [5.41, 5.74) is -0.401. The van der Waals surface area contributed by atoms with E-state index >= 15 is 0 Å². The van der Waals surface area contributed by atoms with Crippen molar-refractivity contribution in [3.05, 3.63) is 12.0 Å². The number of rotatable bonds is 2. The Bertz CT molecular complexity index is 165. The number of methoxy groups -OCH3 is 1. The predicted octanol–water partition coefficient (Wildman–Crippen LogP) is 1.04. The van der Waals surface area contributed by atoms with Crippen LogP contribution in [0.15, 0.2) is 12.0 Å². The van der Waals surface area contributed by atoms with Crippen LogP contribution in [0.2, 0.25) is 0 Å². The summed E-state index contributed by atoms with van der Waals surface area (Å²) < 4.78 is 10.3. The van der Waals surface area contributed by atoms with E-state index in [2.05, 4.69) is 0 Å². The van der Waals surface area contributed by atoms with Gasteiger partial charge in [0.1, 0.15) is 17.6 Å². The molecule has 1 unspecified atom stereocenters. The molecule has 0 radical (unpaired) electrons. The molecule has 0 aliphatic carbocycles. The maximum Gasteiger partial charge on any atom is 0.130 e. The molecule has 0 saturated heterocycles. The number of aliphatic hydroxyl groups is 1. The second-order valence-electron chi connectivity index (χ2n) is 3.01. The summed E-state index contributed by atoms with van der Waals surface area (Å²) in [5.74, 6) is 0.843. The number of ether oxygens (including phenoxy) is 2. The van der Waals surface area contributed by atoms with Crippen molar-refractivity contribution < 1.29 is 14.6 Å². The first kappa shape index (κ1) is 8.40. The summed E-state index contributed by atoms with van der Waals surface area (Å²) in [6.07, 6.45) is 3.23. The Morgan fingerprint density at radius 3 is 2.91 bits per heavy atom.